The molecule has 34 heavy (non-hydrogen) atoms. The van der Waals surface area contributed by atoms with Crippen molar-refractivity contribution in [1.29, 1.82) is 0 Å². The number of aromatic nitrogens is 3. The van der Waals surface area contributed by atoms with Gasteiger partial charge in [0.25, 0.3) is 0 Å². The number of nitrogens with one attached hydrogen (secondary N) is 1. The number of aromatic amines is 1. The monoisotopic (exact) mass is 495 g/mol. The molecule has 1 aliphatic rings. The van der Waals surface area contributed by atoms with Gasteiger partial charge in [-0.2, -0.15) is 0 Å². The number of nitrogens with zero attached hydrogens (tertiary/aromatic N) is 4. The van der Waals surface area contributed by atoms with Gasteiger partial charge in [0.1, 0.15) is 11.4 Å². The van der Waals surface area contributed by atoms with Crippen LogP contribution in [0.4, 0.5) is 5.69 Å². The smallest absolute Gasteiger partial charge is 0.158 e. The molecule has 178 valence electrons. The Morgan fingerprint density at radius 1 is 1.09 bits per heavy atom. The fraction of sp³-hybridized carbons (Fsp3) is 0.385. The molecule has 6 nitrogen and oxygen atoms in total. The quantitative estimate of drug-likeness (QED) is 0.355. The minimum atomic E-state index is 0.458. The molecule has 1 aliphatic heterocycles. The molecular formula is C26H30ClN5OS. The maximum atomic E-state index is 6.27. The second-order valence-electron chi connectivity index (χ2n) is 9.34. The third-order valence-electron chi connectivity index (χ3n) is 6.06. The van der Waals surface area contributed by atoms with Crippen molar-refractivity contribution in [3.63, 3.8) is 0 Å². The van der Waals surface area contributed by atoms with E-state index in [0.29, 0.717) is 24.0 Å². The van der Waals surface area contributed by atoms with E-state index in [-0.39, 0.29) is 0 Å². The van der Waals surface area contributed by atoms with Gasteiger partial charge in [-0.15, -0.1) is 11.3 Å². The van der Waals surface area contributed by atoms with Crippen LogP contribution in [-0.4, -0.2) is 59.7 Å². The van der Waals surface area contributed by atoms with Crippen molar-refractivity contribution >= 4 is 39.7 Å². The highest BCUT2D eigenvalue weighted by Gasteiger charge is 2.16. The Morgan fingerprint density at radius 3 is 2.71 bits per heavy atom. The number of hydrogen-bond donors (Lipinski definition) is 1. The topological polar surface area (TPSA) is 57.3 Å². The molecule has 0 radical (unpaired) electrons. The van der Waals surface area contributed by atoms with E-state index in [0.717, 1.165) is 65.1 Å². The largest absolute Gasteiger partial charge is 0.493 e. The Hall–Kier alpha value is -2.61. The van der Waals surface area contributed by atoms with E-state index in [1.165, 1.54) is 5.69 Å². The number of ether oxygens (including phenoxy) is 1. The minimum absolute atomic E-state index is 0.458. The minimum Gasteiger partial charge on any atom is -0.493 e. The molecule has 4 aromatic rings. The summed E-state index contributed by atoms with van der Waals surface area (Å²) < 4.78 is 6.02. The fourth-order valence-electron chi connectivity index (χ4n) is 4.13. The predicted molar refractivity (Wildman–Crippen MR) is 142 cm³/mol. The van der Waals surface area contributed by atoms with E-state index in [1.54, 1.807) is 11.3 Å². The number of benzene rings is 2. The molecule has 1 N–H and O–H groups in total. The summed E-state index contributed by atoms with van der Waals surface area (Å²) in [7, 11) is 2.18. The van der Waals surface area contributed by atoms with Crippen LogP contribution in [0.15, 0.2) is 41.8 Å². The van der Waals surface area contributed by atoms with Gasteiger partial charge in [0, 0.05) is 54.3 Å². The highest BCUT2D eigenvalue weighted by Crippen LogP contribution is 2.30. The molecule has 2 aromatic heterocycles. The summed E-state index contributed by atoms with van der Waals surface area (Å²) in [5.74, 6) is 2.13. The molecular weight excluding hydrogens is 466 g/mol. The first kappa shape index (κ1) is 23.1. The van der Waals surface area contributed by atoms with Gasteiger partial charge in [-0.25, -0.2) is 9.97 Å². The summed E-state index contributed by atoms with van der Waals surface area (Å²) >= 11 is 7.91. The van der Waals surface area contributed by atoms with Gasteiger partial charge < -0.3 is 19.5 Å². The van der Waals surface area contributed by atoms with Crippen LogP contribution in [-0.2, 0) is 6.42 Å². The second kappa shape index (κ2) is 9.94. The van der Waals surface area contributed by atoms with Crippen LogP contribution >= 0.6 is 22.9 Å². The van der Waals surface area contributed by atoms with Crippen LogP contribution in [0.1, 0.15) is 24.4 Å². The number of rotatable bonds is 7. The number of fused-ring (bicyclic) bond motifs is 1. The van der Waals surface area contributed by atoms with Gasteiger partial charge in [0.15, 0.2) is 5.82 Å². The van der Waals surface area contributed by atoms with E-state index >= 15 is 0 Å². The second-order valence-corrected chi connectivity index (χ2v) is 10.7. The van der Waals surface area contributed by atoms with Gasteiger partial charge in [-0.3, -0.25) is 0 Å². The van der Waals surface area contributed by atoms with Crippen LogP contribution in [0.5, 0.6) is 5.75 Å². The normalized spacial score (nSPS) is 14.9. The molecule has 1 saturated heterocycles. The number of hydrogen-bond acceptors (Lipinski definition) is 6. The SMILES string of the molecule is CC(C)COc1ccc(Cl)cc1Cc1nc(-c2nc3ccc(N4CCN(C)CC4)cc3[nH]2)cs1. The molecule has 2 aromatic carbocycles. The zero-order valence-corrected chi connectivity index (χ0v) is 21.4. The van der Waals surface area contributed by atoms with E-state index in [1.807, 2.05) is 18.2 Å². The van der Waals surface area contributed by atoms with Crippen LogP contribution in [0.3, 0.4) is 0 Å². The summed E-state index contributed by atoms with van der Waals surface area (Å²) in [4.78, 5) is 17.9. The lowest BCUT2D eigenvalue weighted by atomic mass is 10.1. The predicted octanol–water partition coefficient (Wildman–Crippen LogP) is 5.72. The molecule has 0 aliphatic carbocycles. The van der Waals surface area contributed by atoms with Gasteiger partial charge in [-0.1, -0.05) is 25.4 Å². The van der Waals surface area contributed by atoms with E-state index in [2.05, 4.69) is 59.3 Å². The highest BCUT2D eigenvalue weighted by atomic mass is 35.5. The van der Waals surface area contributed by atoms with Crippen molar-refractivity contribution in [1.82, 2.24) is 19.9 Å². The summed E-state index contributed by atoms with van der Waals surface area (Å²) in [5.41, 5.74) is 5.16. The van der Waals surface area contributed by atoms with Crippen molar-refractivity contribution in [2.75, 3.05) is 44.7 Å². The summed E-state index contributed by atoms with van der Waals surface area (Å²) in [5, 5.41) is 3.77. The standard InChI is InChI=1S/C26H30ClN5OS/c1-17(2)15-33-24-7-4-19(27)12-18(24)13-25-28-23(16-34-25)26-29-21-6-5-20(14-22(21)30-26)32-10-8-31(3)9-11-32/h4-7,12,14,16-17H,8-11,13,15H2,1-3H3,(H,29,30). The van der Waals surface area contributed by atoms with E-state index in [9.17, 15) is 0 Å². The molecule has 8 heteroatoms. The van der Waals surface area contributed by atoms with Crippen molar-refractivity contribution in [2.24, 2.45) is 5.92 Å². The van der Waals surface area contributed by atoms with Crippen molar-refractivity contribution in [3.8, 4) is 17.3 Å². The molecule has 3 heterocycles. The Labute approximate surface area is 209 Å². The highest BCUT2D eigenvalue weighted by molar-refractivity contribution is 7.10. The number of halogens is 1. The van der Waals surface area contributed by atoms with E-state index in [4.69, 9.17) is 26.3 Å². The zero-order chi connectivity index (χ0) is 23.7. The van der Waals surface area contributed by atoms with Crippen LogP contribution in [0, 0.1) is 5.92 Å². The summed E-state index contributed by atoms with van der Waals surface area (Å²) in [6, 6.07) is 12.3. The van der Waals surface area contributed by atoms with E-state index < -0.39 is 0 Å². The number of piperazine rings is 1. The zero-order valence-electron chi connectivity index (χ0n) is 19.8. The number of imidazole rings is 1. The number of likely N-dealkylation sites (N-methyl/N-ethyl adjacent to an activating group) is 1. The first-order valence-electron chi connectivity index (χ1n) is 11.7. The maximum absolute atomic E-state index is 6.27. The van der Waals surface area contributed by atoms with Gasteiger partial charge in [0.05, 0.1) is 22.6 Å². The molecule has 0 atom stereocenters. The van der Waals surface area contributed by atoms with Gasteiger partial charge in [-0.05, 0) is 49.4 Å². The Kier molecular flexibility index (Phi) is 6.77. The summed E-state index contributed by atoms with van der Waals surface area (Å²) in [6.45, 7) is 9.23. The lowest BCUT2D eigenvalue weighted by molar-refractivity contribution is 0.269. The molecule has 1 fully saturated rings. The van der Waals surface area contributed by atoms with Crippen LogP contribution < -0.4 is 9.64 Å². The van der Waals surface area contributed by atoms with Crippen molar-refractivity contribution in [2.45, 2.75) is 20.3 Å². The Morgan fingerprint density at radius 2 is 1.91 bits per heavy atom. The van der Waals surface area contributed by atoms with Crippen LogP contribution in [0.25, 0.3) is 22.6 Å². The average Bonchev–Trinajstić information content (AvgIpc) is 3.45. The third kappa shape index (κ3) is 5.22. The molecule has 5 rings (SSSR count). The number of thiazole rings is 1. The Balaban J connectivity index is 1.35. The first-order valence-corrected chi connectivity index (χ1v) is 13.0. The first-order chi connectivity index (χ1) is 16.4. The fourth-order valence-corrected chi connectivity index (χ4v) is 5.12. The van der Waals surface area contributed by atoms with Crippen LogP contribution in [0.2, 0.25) is 5.02 Å². The van der Waals surface area contributed by atoms with Gasteiger partial charge in [0.2, 0.25) is 0 Å². The molecule has 0 bridgehead atoms. The lowest BCUT2D eigenvalue weighted by Crippen LogP contribution is -2.44. The van der Waals surface area contributed by atoms with Crippen molar-refractivity contribution < 1.29 is 4.74 Å². The maximum Gasteiger partial charge on any atom is 0.158 e. The molecule has 0 amide bonds. The third-order valence-corrected chi connectivity index (χ3v) is 7.15. The van der Waals surface area contributed by atoms with Crippen molar-refractivity contribution in [3.05, 3.63) is 57.4 Å². The Bertz CT molecular complexity index is 1280. The van der Waals surface area contributed by atoms with Gasteiger partial charge >= 0.3 is 0 Å². The molecule has 0 unspecified atom stereocenters. The average molecular weight is 496 g/mol. The summed E-state index contributed by atoms with van der Waals surface area (Å²) in [6.07, 6.45) is 0.673. The number of anilines is 1. The molecule has 0 spiro atoms. The molecule has 0 saturated carbocycles. The number of H-pyrrole nitrogens is 1. The lowest BCUT2D eigenvalue weighted by Gasteiger charge is -2.34.